The average Bonchev–Trinajstić information content (AvgIpc) is 2.72. The number of carbonyl (C=O) groups excluding carboxylic acids is 3. The zero-order chi connectivity index (χ0) is 24.8. The first-order valence-electron chi connectivity index (χ1n) is 10.3. The van der Waals surface area contributed by atoms with Crippen molar-refractivity contribution in [2.75, 3.05) is 14.1 Å². The zero-order valence-corrected chi connectivity index (χ0v) is 18.3. The number of aliphatic hydroxyl groups is 4. The molecule has 0 spiro atoms. The molecule has 3 aliphatic carbocycles. The van der Waals surface area contributed by atoms with E-state index in [1.165, 1.54) is 44.1 Å². The molecular formula is C23H26N2O8. The Bertz CT molecular complexity index is 1160. The molecule has 2 fully saturated rings. The smallest absolute Gasteiger partial charge is 0.230 e. The minimum atomic E-state index is -2.99. The average molecular weight is 458 g/mol. The Morgan fingerprint density at radius 2 is 1.79 bits per heavy atom. The van der Waals surface area contributed by atoms with Crippen molar-refractivity contribution in [3.63, 3.8) is 0 Å². The summed E-state index contributed by atoms with van der Waals surface area (Å²) in [4.78, 5) is 40.6. The maximum atomic E-state index is 13.8. The minimum Gasteiger partial charge on any atom is -0.507 e. The Balaban J connectivity index is 2.06. The summed E-state index contributed by atoms with van der Waals surface area (Å²) in [6.07, 6.45) is -3.44. The molecule has 6 unspecified atom stereocenters. The zero-order valence-electron chi connectivity index (χ0n) is 18.3. The maximum absolute atomic E-state index is 13.8. The van der Waals surface area contributed by atoms with E-state index in [0.717, 1.165) is 0 Å². The highest BCUT2D eigenvalue weighted by atomic mass is 16.3. The Morgan fingerprint density at radius 1 is 1.18 bits per heavy atom. The van der Waals surface area contributed by atoms with Crippen LogP contribution in [0.5, 0.6) is 5.75 Å². The number of hydrogen-bond donors (Lipinski definition) is 6. The highest BCUT2D eigenvalue weighted by Crippen LogP contribution is 2.57. The van der Waals surface area contributed by atoms with Crippen LogP contribution in [-0.4, -0.2) is 85.3 Å². The third kappa shape index (κ3) is 2.54. The highest BCUT2D eigenvalue weighted by Gasteiger charge is 2.74. The molecular weight excluding hydrogens is 432 g/mol. The summed E-state index contributed by atoms with van der Waals surface area (Å²) < 4.78 is 0. The quantitative estimate of drug-likeness (QED) is 0.302. The van der Waals surface area contributed by atoms with Crippen LogP contribution in [0.2, 0.25) is 0 Å². The van der Waals surface area contributed by atoms with Crippen LogP contribution in [0.4, 0.5) is 0 Å². The van der Waals surface area contributed by atoms with Crippen LogP contribution in [0.25, 0.3) is 11.3 Å². The topological polar surface area (TPSA) is 182 Å². The van der Waals surface area contributed by atoms with Crippen molar-refractivity contribution in [3.05, 3.63) is 41.5 Å². The molecule has 0 bridgehead atoms. The van der Waals surface area contributed by atoms with Gasteiger partial charge in [0.15, 0.2) is 11.4 Å². The highest BCUT2D eigenvalue weighted by molar-refractivity contribution is 6.26. The predicted octanol–water partition coefficient (Wildman–Crippen LogP) is -1.04. The molecule has 1 aromatic carbocycles. The number of fused-ring (bicyclic) bond motifs is 3. The Morgan fingerprint density at radius 3 is 2.33 bits per heavy atom. The van der Waals surface area contributed by atoms with Crippen molar-refractivity contribution < 1.29 is 39.9 Å². The third-order valence-electron chi connectivity index (χ3n) is 7.76. The van der Waals surface area contributed by atoms with Crippen molar-refractivity contribution in [2.24, 2.45) is 23.5 Å². The molecule has 1 amide bonds. The van der Waals surface area contributed by atoms with Crippen LogP contribution in [0.1, 0.15) is 18.1 Å². The largest absolute Gasteiger partial charge is 0.507 e. The number of likely N-dealkylation sites (N-methyl/N-ethyl adjacent to an activating group) is 1. The molecule has 2 saturated carbocycles. The van der Waals surface area contributed by atoms with E-state index in [1.807, 2.05) is 0 Å². The standard InChI is InChI=1S/C23H26N2O8/c1-8-9-6-5-7-10(26)12(9)15(27)13-11(8)16(28)17-22(2,25(3)4)18(29)14(21(24)32)20(31)23(17,33)19(13)30/h5-7,11,14,16-18,26-29,33H,1H2,2-4H3,(H2,24,32)/t11?,14?,16?,17?,18?,22-,23?/m0/s1. The normalized spacial score (nSPS) is 38.2. The van der Waals surface area contributed by atoms with E-state index in [0.29, 0.717) is 0 Å². The summed E-state index contributed by atoms with van der Waals surface area (Å²) >= 11 is 0. The number of ketones is 2. The lowest BCUT2D eigenvalue weighted by atomic mass is 9.49. The summed E-state index contributed by atoms with van der Waals surface area (Å²) in [6, 6.07) is 4.32. The lowest BCUT2D eigenvalue weighted by Gasteiger charge is -2.60. The van der Waals surface area contributed by atoms with E-state index in [-0.39, 0.29) is 22.4 Å². The van der Waals surface area contributed by atoms with Gasteiger partial charge in [-0.3, -0.25) is 14.4 Å². The molecule has 0 aliphatic heterocycles. The molecule has 0 saturated heterocycles. The second kappa shape index (κ2) is 6.97. The molecule has 7 N–H and O–H groups in total. The summed E-state index contributed by atoms with van der Waals surface area (Å²) in [5.74, 6) is -9.73. The molecule has 33 heavy (non-hydrogen) atoms. The van der Waals surface area contributed by atoms with Gasteiger partial charge in [-0.05, 0) is 38.2 Å². The second-order valence-corrected chi connectivity index (χ2v) is 9.34. The van der Waals surface area contributed by atoms with Crippen LogP contribution in [0.15, 0.2) is 30.4 Å². The van der Waals surface area contributed by atoms with Crippen molar-refractivity contribution in [1.82, 2.24) is 4.90 Å². The predicted molar refractivity (Wildman–Crippen MR) is 115 cm³/mol. The van der Waals surface area contributed by atoms with E-state index in [1.54, 1.807) is 0 Å². The van der Waals surface area contributed by atoms with Crippen LogP contribution in [0, 0.1) is 17.8 Å². The number of nitrogens with zero attached hydrogens (tertiary/aromatic N) is 1. The molecule has 176 valence electrons. The number of amides is 1. The van der Waals surface area contributed by atoms with Gasteiger partial charge in [0.25, 0.3) is 0 Å². The fourth-order valence-electron chi connectivity index (χ4n) is 5.86. The molecule has 3 aliphatic rings. The van der Waals surface area contributed by atoms with Gasteiger partial charge in [-0.15, -0.1) is 0 Å². The fraction of sp³-hybridized carbons (Fsp3) is 0.435. The van der Waals surface area contributed by atoms with Gasteiger partial charge in [0.05, 0.1) is 34.8 Å². The molecule has 4 rings (SSSR count). The van der Waals surface area contributed by atoms with E-state index >= 15 is 0 Å². The summed E-state index contributed by atoms with van der Waals surface area (Å²) in [6.45, 7) is 5.36. The Labute approximate surface area is 189 Å². The van der Waals surface area contributed by atoms with Crippen molar-refractivity contribution in [1.29, 1.82) is 0 Å². The molecule has 10 heteroatoms. The number of aromatic hydroxyl groups is 1. The summed E-state index contributed by atoms with van der Waals surface area (Å²) in [5.41, 5.74) is 0.536. The van der Waals surface area contributed by atoms with Crippen LogP contribution in [-0.2, 0) is 14.4 Å². The van der Waals surface area contributed by atoms with Gasteiger partial charge in [-0.2, -0.15) is 0 Å². The molecule has 7 atom stereocenters. The van der Waals surface area contributed by atoms with Crippen molar-refractivity contribution in [2.45, 2.75) is 30.3 Å². The van der Waals surface area contributed by atoms with Crippen molar-refractivity contribution in [3.8, 4) is 5.75 Å². The number of nitrogens with two attached hydrogens (primary N) is 1. The van der Waals surface area contributed by atoms with Gasteiger partial charge in [0, 0.05) is 5.92 Å². The van der Waals surface area contributed by atoms with Gasteiger partial charge in [-0.25, -0.2) is 0 Å². The van der Waals surface area contributed by atoms with Crippen molar-refractivity contribution >= 4 is 28.8 Å². The lowest BCUT2D eigenvalue weighted by molar-refractivity contribution is -0.214. The first-order chi connectivity index (χ1) is 15.2. The van der Waals surface area contributed by atoms with Crippen LogP contribution < -0.4 is 5.73 Å². The van der Waals surface area contributed by atoms with E-state index < -0.39 is 69.9 Å². The van der Waals surface area contributed by atoms with Gasteiger partial charge >= 0.3 is 0 Å². The van der Waals surface area contributed by atoms with E-state index in [2.05, 4.69) is 6.58 Å². The van der Waals surface area contributed by atoms with Gasteiger partial charge < -0.3 is 36.2 Å². The SMILES string of the molecule is C=C1c2cccc(O)c2C(O)=C2C(=O)C3(O)C(=O)C(C(N)=O)C(O)[C@@](C)(N(C)C)C3C(O)C12. The number of Topliss-reactive ketones (excluding diaryl/α,β-unsaturated/α-hetero) is 2. The number of phenols is 1. The molecule has 1 aromatic rings. The van der Waals surface area contributed by atoms with E-state index in [4.69, 9.17) is 5.73 Å². The number of hydrogen-bond acceptors (Lipinski definition) is 9. The monoisotopic (exact) mass is 458 g/mol. The molecule has 0 heterocycles. The van der Waals surface area contributed by atoms with Gasteiger partial charge in [0.1, 0.15) is 17.4 Å². The molecule has 10 nitrogen and oxygen atoms in total. The third-order valence-corrected chi connectivity index (χ3v) is 7.76. The number of rotatable bonds is 2. The van der Waals surface area contributed by atoms with Crippen LogP contribution in [0.3, 0.4) is 0 Å². The first kappa shape index (κ1) is 23.1. The number of aliphatic hydroxyl groups excluding tert-OH is 3. The number of carbonyl (C=O) groups is 3. The maximum Gasteiger partial charge on any atom is 0.230 e. The fourth-order valence-corrected chi connectivity index (χ4v) is 5.86. The number of primary amides is 1. The number of phenolic OH excluding ortho intramolecular Hbond substituents is 1. The van der Waals surface area contributed by atoms with E-state index in [9.17, 15) is 39.9 Å². The van der Waals surface area contributed by atoms with Gasteiger partial charge in [0.2, 0.25) is 11.7 Å². The number of benzene rings is 1. The Hall–Kier alpha value is -3.05. The summed E-state index contributed by atoms with van der Waals surface area (Å²) in [5, 5.41) is 55.5. The second-order valence-electron chi connectivity index (χ2n) is 9.34. The molecule has 0 aromatic heterocycles. The lowest BCUT2D eigenvalue weighted by Crippen LogP contribution is -2.81. The Kier molecular flexibility index (Phi) is 4.89. The van der Waals surface area contributed by atoms with Gasteiger partial charge in [-0.1, -0.05) is 18.7 Å². The minimum absolute atomic E-state index is 0.124. The van der Waals surface area contributed by atoms with Crippen LogP contribution >= 0.6 is 0 Å². The first-order valence-corrected chi connectivity index (χ1v) is 10.3. The molecule has 0 radical (unpaired) electrons. The summed E-state index contributed by atoms with van der Waals surface area (Å²) in [7, 11) is 3.00.